The minimum atomic E-state index is -0.0563. The van der Waals surface area contributed by atoms with Crippen molar-refractivity contribution < 1.29 is 4.79 Å². The maximum absolute atomic E-state index is 13.1. The van der Waals surface area contributed by atoms with Crippen LogP contribution in [0.5, 0.6) is 0 Å². The van der Waals surface area contributed by atoms with Crippen molar-refractivity contribution in [3.8, 4) is 11.1 Å². The zero-order valence-electron chi connectivity index (χ0n) is 18.9. The summed E-state index contributed by atoms with van der Waals surface area (Å²) in [4.78, 5) is 15.0. The molecule has 1 atom stereocenters. The summed E-state index contributed by atoms with van der Waals surface area (Å²) < 4.78 is 0. The molecule has 1 saturated heterocycles. The minimum Gasteiger partial charge on any atom is -0.334 e. The molecule has 0 radical (unpaired) electrons. The number of urea groups is 1. The summed E-state index contributed by atoms with van der Waals surface area (Å²) in [5, 5.41) is 6.61. The van der Waals surface area contributed by atoms with Crippen LogP contribution in [0.2, 0.25) is 0 Å². The van der Waals surface area contributed by atoms with Gasteiger partial charge in [-0.05, 0) is 60.2 Å². The second-order valence-corrected chi connectivity index (χ2v) is 8.54. The first-order chi connectivity index (χ1) is 15.7. The normalized spacial score (nSPS) is 15.5. The Kier molecular flexibility index (Phi) is 7.57. The van der Waals surface area contributed by atoms with E-state index in [2.05, 4.69) is 66.1 Å². The largest absolute Gasteiger partial charge is 0.334 e. The van der Waals surface area contributed by atoms with E-state index in [4.69, 9.17) is 0 Å². The summed E-state index contributed by atoms with van der Waals surface area (Å²) in [6, 6.07) is 27.5. The van der Waals surface area contributed by atoms with Crippen molar-refractivity contribution in [1.82, 2.24) is 10.6 Å². The van der Waals surface area contributed by atoms with Gasteiger partial charge < -0.3 is 10.6 Å². The zero-order valence-corrected chi connectivity index (χ0v) is 18.9. The van der Waals surface area contributed by atoms with Crippen LogP contribution >= 0.6 is 0 Å². The van der Waals surface area contributed by atoms with E-state index in [1.54, 1.807) is 0 Å². The number of aryl methyl sites for hydroxylation is 1. The van der Waals surface area contributed by atoms with Gasteiger partial charge in [0.15, 0.2) is 0 Å². The van der Waals surface area contributed by atoms with E-state index in [9.17, 15) is 4.79 Å². The number of anilines is 1. The van der Waals surface area contributed by atoms with Crippen molar-refractivity contribution in [2.75, 3.05) is 18.0 Å². The van der Waals surface area contributed by atoms with Gasteiger partial charge in [-0.1, -0.05) is 80.1 Å². The van der Waals surface area contributed by atoms with Crippen molar-refractivity contribution in [1.29, 1.82) is 0 Å². The number of carbonyl (C=O) groups excluding carboxylic acids is 1. The molecule has 166 valence electrons. The molecule has 0 bridgehead atoms. The van der Waals surface area contributed by atoms with Crippen molar-refractivity contribution in [3.63, 3.8) is 0 Å². The van der Waals surface area contributed by atoms with E-state index in [-0.39, 0.29) is 6.03 Å². The molecular weight excluding hydrogens is 394 g/mol. The van der Waals surface area contributed by atoms with Gasteiger partial charge in [-0.3, -0.25) is 4.90 Å². The summed E-state index contributed by atoms with van der Waals surface area (Å²) in [5.74, 6) is 0. The maximum atomic E-state index is 13.1. The number of amides is 2. The lowest BCUT2D eigenvalue weighted by atomic mass is 10.0. The predicted octanol–water partition coefficient (Wildman–Crippen LogP) is 5.77. The standard InChI is InChI=1S/C28H33N3O/c1-2-7-22-11-13-24(14-12-22)25-15-17-27(18-16-25)31(21-26-10-6-19-29-26)28(32)30-20-23-8-4-3-5-9-23/h3-5,8-9,11-18,26,29H,2,6-7,10,19-21H2,1H3,(H,30,32). The molecule has 2 amide bonds. The molecule has 0 aliphatic carbocycles. The average Bonchev–Trinajstić information content (AvgIpc) is 3.36. The third-order valence-corrected chi connectivity index (χ3v) is 6.10. The summed E-state index contributed by atoms with van der Waals surface area (Å²) in [7, 11) is 0. The Morgan fingerprint density at radius 1 is 0.938 bits per heavy atom. The molecule has 4 heteroatoms. The molecule has 1 unspecified atom stereocenters. The van der Waals surface area contributed by atoms with Gasteiger partial charge >= 0.3 is 6.03 Å². The summed E-state index contributed by atoms with van der Waals surface area (Å²) in [6.07, 6.45) is 4.54. The van der Waals surface area contributed by atoms with Crippen LogP contribution in [0.1, 0.15) is 37.3 Å². The molecular formula is C28H33N3O. The average molecular weight is 428 g/mol. The monoisotopic (exact) mass is 427 g/mol. The van der Waals surface area contributed by atoms with Gasteiger partial charge in [0.05, 0.1) is 0 Å². The summed E-state index contributed by atoms with van der Waals surface area (Å²) >= 11 is 0. The fourth-order valence-electron chi connectivity index (χ4n) is 4.29. The molecule has 2 N–H and O–H groups in total. The molecule has 0 spiro atoms. The first kappa shape index (κ1) is 22.1. The van der Waals surface area contributed by atoms with Crippen molar-refractivity contribution in [2.24, 2.45) is 0 Å². The van der Waals surface area contributed by atoms with Gasteiger partial charge in [-0.2, -0.15) is 0 Å². The highest BCUT2D eigenvalue weighted by molar-refractivity contribution is 5.92. The number of rotatable bonds is 8. The van der Waals surface area contributed by atoms with Crippen LogP contribution in [0.4, 0.5) is 10.5 Å². The van der Waals surface area contributed by atoms with Gasteiger partial charge in [0.25, 0.3) is 0 Å². The fraction of sp³-hybridized carbons (Fsp3) is 0.321. The van der Waals surface area contributed by atoms with Crippen LogP contribution in [-0.4, -0.2) is 25.2 Å². The molecule has 1 aliphatic heterocycles. The highest BCUT2D eigenvalue weighted by Gasteiger charge is 2.23. The van der Waals surface area contributed by atoms with E-state index in [1.165, 1.54) is 16.7 Å². The Morgan fingerprint density at radius 3 is 2.25 bits per heavy atom. The smallest absolute Gasteiger partial charge is 0.322 e. The zero-order chi connectivity index (χ0) is 22.2. The fourth-order valence-corrected chi connectivity index (χ4v) is 4.29. The number of nitrogens with zero attached hydrogens (tertiary/aromatic N) is 1. The van der Waals surface area contributed by atoms with Gasteiger partial charge in [-0.25, -0.2) is 4.79 Å². The van der Waals surface area contributed by atoms with Crippen LogP contribution in [0, 0.1) is 0 Å². The lowest BCUT2D eigenvalue weighted by molar-refractivity contribution is 0.245. The lowest BCUT2D eigenvalue weighted by Crippen LogP contribution is -2.46. The van der Waals surface area contributed by atoms with E-state index >= 15 is 0 Å². The third-order valence-electron chi connectivity index (χ3n) is 6.10. The van der Waals surface area contributed by atoms with Gasteiger partial charge in [0.2, 0.25) is 0 Å². The molecule has 0 saturated carbocycles. The van der Waals surface area contributed by atoms with Crippen LogP contribution < -0.4 is 15.5 Å². The molecule has 1 heterocycles. The second kappa shape index (κ2) is 11.0. The van der Waals surface area contributed by atoms with Crippen LogP contribution in [-0.2, 0) is 13.0 Å². The van der Waals surface area contributed by atoms with Gasteiger partial charge in [0.1, 0.15) is 0 Å². The SMILES string of the molecule is CCCc1ccc(-c2ccc(N(CC3CCCN3)C(=O)NCc3ccccc3)cc2)cc1. The highest BCUT2D eigenvalue weighted by atomic mass is 16.2. The summed E-state index contributed by atoms with van der Waals surface area (Å²) in [6.45, 7) is 4.43. The van der Waals surface area contributed by atoms with E-state index in [0.717, 1.165) is 43.5 Å². The lowest BCUT2D eigenvalue weighted by Gasteiger charge is -2.26. The van der Waals surface area contributed by atoms with Crippen LogP contribution in [0.25, 0.3) is 11.1 Å². The Bertz CT molecular complexity index is 977. The van der Waals surface area contributed by atoms with Crippen molar-refractivity contribution in [2.45, 2.75) is 45.2 Å². The number of hydrogen-bond acceptors (Lipinski definition) is 2. The second-order valence-electron chi connectivity index (χ2n) is 8.54. The third kappa shape index (κ3) is 5.77. The van der Waals surface area contributed by atoms with Gasteiger partial charge in [-0.15, -0.1) is 0 Å². The molecule has 3 aromatic carbocycles. The van der Waals surface area contributed by atoms with Gasteiger partial charge in [0, 0.05) is 24.8 Å². The van der Waals surface area contributed by atoms with E-state index in [1.807, 2.05) is 35.2 Å². The molecule has 4 nitrogen and oxygen atoms in total. The quantitative estimate of drug-likeness (QED) is 0.479. The van der Waals surface area contributed by atoms with Crippen LogP contribution in [0.3, 0.4) is 0 Å². The molecule has 4 rings (SSSR count). The maximum Gasteiger partial charge on any atom is 0.322 e. The first-order valence-corrected chi connectivity index (χ1v) is 11.7. The molecule has 32 heavy (non-hydrogen) atoms. The van der Waals surface area contributed by atoms with Crippen molar-refractivity contribution >= 4 is 11.7 Å². The van der Waals surface area contributed by atoms with Crippen molar-refractivity contribution in [3.05, 3.63) is 90.0 Å². The predicted molar refractivity (Wildman–Crippen MR) is 133 cm³/mol. The molecule has 3 aromatic rings. The number of nitrogens with one attached hydrogen (secondary N) is 2. The first-order valence-electron chi connectivity index (χ1n) is 11.7. The van der Waals surface area contributed by atoms with Crippen LogP contribution in [0.15, 0.2) is 78.9 Å². The minimum absolute atomic E-state index is 0.0563. The number of benzene rings is 3. The number of carbonyl (C=O) groups is 1. The van der Waals surface area contributed by atoms with E-state index in [0.29, 0.717) is 19.1 Å². The molecule has 0 aromatic heterocycles. The Morgan fingerprint density at radius 2 is 1.62 bits per heavy atom. The van der Waals surface area contributed by atoms with E-state index < -0.39 is 0 Å². The Labute approximate surface area is 191 Å². The topological polar surface area (TPSA) is 44.4 Å². The Hall–Kier alpha value is -3.11. The highest BCUT2D eigenvalue weighted by Crippen LogP contribution is 2.25. The molecule has 1 aliphatic rings. The molecule has 1 fully saturated rings. The Balaban J connectivity index is 1.48. The number of hydrogen-bond donors (Lipinski definition) is 2. The summed E-state index contributed by atoms with van der Waals surface area (Å²) in [5.41, 5.74) is 5.77.